The van der Waals surface area contributed by atoms with Crippen molar-refractivity contribution in [2.45, 2.75) is 85.5 Å². The van der Waals surface area contributed by atoms with Crippen LogP contribution in [0.5, 0.6) is 0 Å². The third kappa shape index (κ3) is 5.56. The number of furan rings is 1. The van der Waals surface area contributed by atoms with Crippen molar-refractivity contribution in [3.63, 3.8) is 0 Å². The van der Waals surface area contributed by atoms with Crippen LogP contribution in [0.3, 0.4) is 0 Å². The molecule has 0 amide bonds. The van der Waals surface area contributed by atoms with Crippen molar-refractivity contribution in [3.05, 3.63) is 191 Å². The van der Waals surface area contributed by atoms with Crippen molar-refractivity contribution in [2.24, 2.45) is 0 Å². The molecule has 0 saturated carbocycles. The molecular formula is C63H56BN3O. The summed E-state index contributed by atoms with van der Waals surface area (Å²) >= 11 is 0. The Morgan fingerprint density at radius 2 is 1.21 bits per heavy atom. The van der Waals surface area contributed by atoms with E-state index in [1.165, 1.54) is 83.3 Å². The Hall–Kier alpha value is -7.24. The molecule has 1 aliphatic carbocycles. The molecule has 5 heteroatoms. The van der Waals surface area contributed by atoms with Crippen LogP contribution >= 0.6 is 0 Å². The highest BCUT2D eigenvalue weighted by atomic mass is 16.3. The Balaban J connectivity index is 1.18. The van der Waals surface area contributed by atoms with Crippen LogP contribution in [-0.4, -0.2) is 11.3 Å². The maximum absolute atomic E-state index is 7.20. The summed E-state index contributed by atoms with van der Waals surface area (Å²) in [7, 11) is 0. The van der Waals surface area contributed by atoms with E-state index in [1.54, 1.807) is 0 Å². The Bertz CT molecular complexity index is 3750. The molecule has 68 heavy (non-hydrogen) atoms. The van der Waals surface area contributed by atoms with Gasteiger partial charge < -0.3 is 18.8 Å². The number of rotatable bonds is 4. The molecule has 0 atom stereocenters. The van der Waals surface area contributed by atoms with Crippen molar-refractivity contribution < 1.29 is 4.42 Å². The van der Waals surface area contributed by atoms with Crippen LogP contribution < -0.4 is 26.2 Å². The molecule has 2 aliphatic heterocycles. The fourth-order valence-electron chi connectivity index (χ4n) is 12.3. The molecule has 332 valence electrons. The van der Waals surface area contributed by atoms with E-state index in [0.717, 1.165) is 50.4 Å². The monoisotopic (exact) mass is 881 g/mol. The molecule has 13 rings (SSSR count). The first-order valence-electron chi connectivity index (χ1n) is 24.4. The molecule has 2 aromatic heterocycles. The summed E-state index contributed by atoms with van der Waals surface area (Å²) in [5.41, 5.74) is 25.3. The molecule has 0 saturated heterocycles. The molecule has 0 spiro atoms. The standard InChI is InChI=1S/C63H56BN3O/c1-37-19-11-15-26-49(37)65(50-27-16-12-20-38(50)2)41-30-32-47-52(36-41)66(51-28-18-22-43-42-31-29-39(61(3,4)5)35-55(42)68-60(43)51)53-33-40(62(6,7)8)34-54-57(53)64(47)48-25-17-23-45-56-59(67(54)58(45)48)44-21-13-14-24-46(44)63(56,9)10/h11-36H,1-10H3. The molecule has 4 heterocycles. The van der Waals surface area contributed by atoms with E-state index in [-0.39, 0.29) is 23.0 Å². The van der Waals surface area contributed by atoms with Gasteiger partial charge in [0.25, 0.3) is 6.71 Å². The lowest BCUT2D eigenvalue weighted by atomic mass is 9.33. The van der Waals surface area contributed by atoms with Crippen LogP contribution in [0.2, 0.25) is 0 Å². The van der Waals surface area contributed by atoms with E-state index in [0.29, 0.717) is 0 Å². The van der Waals surface area contributed by atoms with Gasteiger partial charge in [0, 0.05) is 66.8 Å². The molecule has 0 N–H and O–H groups in total. The van der Waals surface area contributed by atoms with E-state index >= 15 is 0 Å². The summed E-state index contributed by atoms with van der Waals surface area (Å²) in [4.78, 5) is 5.03. The lowest BCUT2D eigenvalue weighted by molar-refractivity contribution is 0.587. The Morgan fingerprint density at radius 3 is 1.93 bits per heavy atom. The highest BCUT2D eigenvalue weighted by molar-refractivity contribution is 7.00. The maximum atomic E-state index is 7.20. The minimum atomic E-state index is -0.171. The van der Waals surface area contributed by atoms with Gasteiger partial charge in [0.05, 0.1) is 11.4 Å². The smallest absolute Gasteiger partial charge is 0.252 e. The number of hydrogen-bond acceptors (Lipinski definition) is 3. The van der Waals surface area contributed by atoms with Crippen LogP contribution in [0.25, 0.3) is 49.8 Å². The van der Waals surface area contributed by atoms with Gasteiger partial charge in [-0.2, -0.15) is 0 Å². The fourth-order valence-corrected chi connectivity index (χ4v) is 12.3. The first kappa shape index (κ1) is 41.0. The summed E-state index contributed by atoms with van der Waals surface area (Å²) in [6.07, 6.45) is 0. The third-order valence-electron chi connectivity index (χ3n) is 15.7. The molecule has 0 bridgehead atoms. The van der Waals surface area contributed by atoms with Crippen molar-refractivity contribution in [3.8, 4) is 16.9 Å². The number of nitrogens with zero attached hydrogens (tertiary/aromatic N) is 3. The minimum absolute atomic E-state index is 0.0180. The van der Waals surface area contributed by atoms with Crippen LogP contribution in [0.1, 0.15) is 88.8 Å². The SMILES string of the molecule is Cc1ccccc1N(c1ccc2c(c1)N(c1cccc3c1oc1cc(C(C)(C)C)ccc13)c1cc(C(C)(C)C)cc3c1B2c1cccc2c4c(n-3c12)-c1ccccc1C4(C)C)c1ccccc1C. The normalized spacial score (nSPS) is 14.4. The second-order valence-electron chi connectivity index (χ2n) is 22.3. The topological polar surface area (TPSA) is 24.6 Å². The Kier molecular flexibility index (Phi) is 8.39. The second-order valence-corrected chi connectivity index (χ2v) is 22.3. The number of para-hydroxylation sites is 4. The maximum Gasteiger partial charge on any atom is 0.252 e. The molecule has 10 aromatic rings. The molecule has 0 radical (unpaired) electrons. The molecule has 0 unspecified atom stereocenters. The van der Waals surface area contributed by atoms with Crippen molar-refractivity contribution in [2.75, 3.05) is 9.80 Å². The Morgan fingerprint density at radius 1 is 0.544 bits per heavy atom. The second kappa shape index (κ2) is 13.9. The number of hydrogen-bond donors (Lipinski definition) is 0. The quantitative estimate of drug-likeness (QED) is 0.165. The van der Waals surface area contributed by atoms with E-state index in [4.69, 9.17) is 4.42 Å². The first-order valence-corrected chi connectivity index (χ1v) is 24.4. The summed E-state index contributed by atoms with van der Waals surface area (Å²) < 4.78 is 9.87. The molecular weight excluding hydrogens is 826 g/mol. The number of aryl methyl sites for hydroxylation is 2. The molecule has 4 nitrogen and oxygen atoms in total. The van der Waals surface area contributed by atoms with Crippen LogP contribution in [0, 0.1) is 13.8 Å². The summed E-state index contributed by atoms with van der Waals surface area (Å²) in [5.74, 6) is 0. The number of benzene rings is 8. The van der Waals surface area contributed by atoms with Gasteiger partial charge in [-0.05, 0) is 123 Å². The zero-order chi connectivity index (χ0) is 46.8. The van der Waals surface area contributed by atoms with Gasteiger partial charge in [0.2, 0.25) is 0 Å². The summed E-state index contributed by atoms with van der Waals surface area (Å²) in [6.45, 7) is 23.2. The third-order valence-corrected chi connectivity index (χ3v) is 15.7. The van der Waals surface area contributed by atoms with Crippen LogP contribution in [0.4, 0.5) is 34.1 Å². The van der Waals surface area contributed by atoms with Crippen molar-refractivity contribution >= 4 is 90.1 Å². The molecule has 3 aliphatic rings. The first-order chi connectivity index (χ1) is 32.6. The highest BCUT2D eigenvalue weighted by Crippen LogP contribution is 2.55. The highest BCUT2D eigenvalue weighted by Gasteiger charge is 2.48. The van der Waals surface area contributed by atoms with Gasteiger partial charge >= 0.3 is 0 Å². The van der Waals surface area contributed by atoms with Crippen molar-refractivity contribution in [1.29, 1.82) is 0 Å². The fraction of sp³-hybridized carbons (Fsp3) is 0.206. The van der Waals surface area contributed by atoms with Crippen molar-refractivity contribution in [1.82, 2.24) is 4.57 Å². The predicted octanol–water partition coefficient (Wildman–Crippen LogP) is 15.1. The number of fused-ring (bicyclic) bond motifs is 12. The largest absolute Gasteiger partial charge is 0.454 e. The minimum Gasteiger partial charge on any atom is -0.454 e. The van der Waals surface area contributed by atoms with Gasteiger partial charge in [-0.25, -0.2) is 0 Å². The molecule has 0 fully saturated rings. The lowest BCUT2D eigenvalue weighted by Crippen LogP contribution is -2.60. The predicted molar refractivity (Wildman–Crippen MR) is 289 cm³/mol. The zero-order valence-electron chi connectivity index (χ0n) is 40.8. The Labute approximate surface area is 400 Å². The van der Waals surface area contributed by atoms with Gasteiger partial charge in [-0.1, -0.05) is 165 Å². The molecule has 8 aromatic carbocycles. The average molecular weight is 882 g/mol. The zero-order valence-corrected chi connectivity index (χ0v) is 40.8. The van der Waals surface area contributed by atoms with E-state index in [1.807, 2.05) is 0 Å². The van der Waals surface area contributed by atoms with E-state index in [2.05, 4.69) is 241 Å². The van der Waals surface area contributed by atoms with Crippen LogP contribution in [0.15, 0.2) is 162 Å². The van der Waals surface area contributed by atoms with Gasteiger partial charge in [0.15, 0.2) is 5.58 Å². The van der Waals surface area contributed by atoms with Gasteiger partial charge in [-0.3, -0.25) is 0 Å². The number of aromatic nitrogens is 1. The van der Waals surface area contributed by atoms with Gasteiger partial charge in [-0.15, -0.1) is 0 Å². The summed E-state index contributed by atoms with van der Waals surface area (Å²) in [6, 6.07) is 59.6. The van der Waals surface area contributed by atoms with E-state index in [9.17, 15) is 0 Å². The van der Waals surface area contributed by atoms with Gasteiger partial charge in [0.1, 0.15) is 5.58 Å². The number of anilines is 6. The van der Waals surface area contributed by atoms with Crippen LogP contribution in [-0.2, 0) is 16.2 Å². The average Bonchev–Trinajstić information content (AvgIpc) is 3.95. The summed E-state index contributed by atoms with van der Waals surface area (Å²) in [5, 5.41) is 3.60. The van der Waals surface area contributed by atoms with E-state index < -0.39 is 0 Å². The lowest BCUT2D eigenvalue weighted by Gasteiger charge is -2.42.